The van der Waals surface area contributed by atoms with Gasteiger partial charge < -0.3 is 25.1 Å². The van der Waals surface area contributed by atoms with Crippen molar-refractivity contribution in [2.75, 3.05) is 78.7 Å². The molecule has 218 valence electrons. The van der Waals surface area contributed by atoms with Crippen LogP contribution in [0.5, 0.6) is 5.75 Å². The number of phenolic OH excluding ortho intramolecular Hbond substituents is 1. The third-order valence-electron chi connectivity index (χ3n) is 8.01. The molecule has 2 saturated heterocycles. The summed E-state index contributed by atoms with van der Waals surface area (Å²) in [6, 6.07) is 4.43. The Morgan fingerprint density at radius 3 is 1.69 bits per heavy atom. The molecule has 10 heteroatoms. The van der Waals surface area contributed by atoms with Crippen LogP contribution >= 0.6 is 32.9 Å². The van der Waals surface area contributed by atoms with Gasteiger partial charge in [0.15, 0.2) is 0 Å². The molecule has 2 fully saturated rings. The summed E-state index contributed by atoms with van der Waals surface area (Å²) in [7, 11) is 3.49. The van der Waals surface area contributed by atoms with Gasteiger partial charge in [0, 0.05) is 103 Å². The Morgan fingerprint density at radius 1 is 0.744 bits per heavy atom. The van der Waals surface area contributed by atoms with Gasteiger partial charge in [0.2, 0.25) is 0 Å². The molecule has 3 heterocycles. The number of hydrogen-bond donors (Lipinski definition) is 3. The van der Waals surface area contributed by atoms with Gasteiger partial charge in [-0.2, -0.15) is 0 Å². The average molecular weight is 595 g/mol. The van der Waals surface area contributed by atoms with Crippen LogP contribution in [-0.2, 0) is 19.5 Å². The number of benzene rings is 1. The topological polar surface area (TPSA) is 73.7 Å². The summed E-state index contributed by atoms with van der Waals surface area (Å²) >= 11 is 5.74. The normalized spacial score (nSPS) is 18.2. The lowest BCUT2D eigenvalue weighted by molar-refractivity contribution is 0.117. The first-order valence-corrected chi connectivity index (χ1v) is 17.2. The summed E-state index contributed by atoms with van der Waals surface area (Å²) in [4.78, 5) is 11.0. The number of unbranched alkanes of at least 4 members (excludes halogenated alkanes) is 1. The fourth-order valence-corrected chi connectivity index (χ4v) is 8.60. The lowest BCUT2D eigenvalue weighted by Crippen LogP contribution is -2.46. The number of aliphatic hydroxyl groups excluding tert-OH is 2. The fourth-order valence-electron chi connectivity index (χ4n) is 5.61. The van der Waals surface area contributed by atoms with Gasteiger partial charge in [-0.1, -0.05) is 46.2 Å². The van der Waals surface area contributed by atoms with Crippen LogP contribution in [0.3, 0.4) is 0 Å². The summed E-state index contributed by atoms with van der Waals surface area (Å²) in [5.41, 5.74) is 4.53. The van der Waals surface area contributed by atoms with E-state index in [9.17, 15) is 5.11 Å². The molecule has 3 N–H and O–H groups in total. The highest BCUT2D eigenvalue weighted by molar-refractivity contribution is 7.80. The summed E-state index contributed by atoms with van der Waals surface area (Å²) in [5, 5.41) is 29.9. The summed E-state index contributed by atoms with van der Waals surface area (Å²) < 4.78 is 1.01. The van der Waals surface area contributed by atoms with E-state index in [-0.39, 0.29) is 13.2 Å². The highest BCUT2D eigenvalue weighted by atomic mass is 32.9. The van der Waals surface area contributed by atoms with Gasteiger partial charge in [0.05, 0.1) is 4.88 Å². The molecule has 4 rings (SSSR count). The number of phenols is 1. The van der Waals surface area contributed by atoms with Crippen molar-refractivity contribution in [3.63, 3.8) is 0 Å². The average Bonchev–Trinajstić information content (AvgIpc) is 3.33. The predicted octanol–water partition coefficient (Wildman–Crippen LogP) is 4.25. The van der Waals surface area contributed by atoms with Crippen LogP contribution in [0.1, 0.15) is 49.3 Å². The molecule has 2 aliphatic rings. The van der Waals surface area contributed by atoms with E-state index in [1.54, 1.807) is 20.7 Å². The Hall–Kier alpha value is -0.950. The molecule has 0 aliphatic carbocycles. The Balaban J connectivity index is 1.54. The van der Waals surface area contributed by atoms with Crippen LogP contribution in [0.15, 0.2) is 12.1 Å². The number of nitrogens with zero attached hydrogens (tertiary/aromatic N) is 4. The van der Waals surface area contributed by atoms with Gasteiger partial charge in [-0.3, -0.25) is 9.80 Å². The number of piperazine rings is 2. The molecule has 7 nitrogen and oxygen atoms in total. The van der Waals surface area contributed by atoms with E-state index in [0.717, 1.165) is 126 Å². The second-order valence-corrected chi connectivity index (χ2v) is 13.7. The van der Waals surface area contributed by atoms with Crippen LogP contribution in [0.2, 0.25) is 0 Å². The molecule has 39 heavy (non-hydrogen) atoms. The van der Waals surface area contributed by atoms with Crippen molar-refractivity contribution in [1.29, 1.82) is 0 Å². The second kappa shape index (κ2) is 15.9. The molecular weight excluding hydrogens is 549 g/mol. The second-order valence-electron chi connectivity index (χ2n) is 10.9. The third kappa shape index (κ3) is 8.77. The quantitative estimate of drug-likeness (QED) is 0.222. The molecule has 1 aromatic carbocycles. The minimum absolute atomic E-state index is 0.247. The zero-order chi connectivity index (χ0) is 27.6. The Morgan fingerprint density at radius 2 is 1.23 bits per heavy atom. The van der Waals surface area contributed by atoms with Gasteiger partial charge in [0.1, 0.15) is 9.57 Å². The Kier molecular flexibility index (Phi) is 12.6. The molecule has 2 aliphatic heterocycles. The van der Waals surface area contributed by atoms with Crippen molar-refractivity contribution in [2.45, 2.75) is 52.1 Å². The van der Waals surface area contributed by atoms with Crippen molar-refractivity contribution in [3.05, 3.63) is 32.6 Å². The molecule has 0 amide bonds. The Bertz CT molecular complexity index is 1020. The van der Waals surface area contributed by atoms with E-state index in [2.05, 4.69) is 38.7 Å². The zero-order valence-corrected chi connectivity index (χ0v) is 25.9. The van der Waals surface area contributed by atoms with Crippen molar-refractivity contribution in [2.24, 2.45) is 0 Å². The molecule has 0 bridgehead atoms. The molecule has 0 unspecified atom stereocenters. The first-order valence-electron chi connectivity index (χ1n) is 14.6. The van der Waals surface area contributed by atoms with E-state index in [4.69, 9.17) is 22.4 Å². The minimum atomic E-state index is 0.247. The standard InChI is InChI=1S/C29H46N4O3S3/c1-2-3-6-26-28(38-39-29(26)37)23-19-24(21-32-13-9-30(10-14-32)7-4-17-34)27(36)25(20-23)22-33-15-11-31(12-16-33)8-5-18-35/h19-20,34-36H,2-18,21-22H2,1H3. The van der Waals surface area contributed by atoms with Crippen molar-refractivity contribution in [3.8, 4) is 16.2 Å². The summed E-state index contributed by atoms with van der Waals surface area (Å²) in [6.07, 6.45) is 4.96. The first kappa shape index (κ1) is 31.0. The minimum Gasteiger partial charge on any atom is -0.507 e. The molecule has 0 saturated carbocycles. The van der Waals surface area contributed by atoms with E-state index in [0.29, 0.717) is 5.75 Å². The van der Waals surface area contributed by atoms with Crippen molar-refractivity contribution >= 4 is 32.9 Å². The summed E-state index contributed by atoms with van der Waals surface area (Å²) in [6.45, 7) is 14.0. The van der Waals surface area contributed by atoms with Gasteiger partial charge in [0.25, 0.3) is 0 Å². The molecular formula is C29H46N4O3S3. The highest BCUT2D eigenvalue weighted by Gasteiger charge is 2.23. The van der Waals surface area contributed by atoms with Crippen LogP contribution in [0, 0.1) is 3.82 Å². The number of aromatic hydroxyl groups is 1. The maximum Gasteiger partial charge on any atom is 0.124 e. The van der Waals surface area contributed by atoms with E-state index in [1.165, 1.54) is 16.0 Å². The van der Waals surface area contributed by atoms with E-state index >= 15 is 0 Å². The maximum atomic E-state index is 11.5. The van der Waals surface area contributed by atoms with Crippen LogP contribution < -0.4 is 0 Å². The third-order valence-corrected chi connectivity index (χ3v) is 11.2. The maximum absolute atomic E-state index is 11.5. The number of rotatable bonds is 14. The fraction of sp³-hybridized carbons (Fsp3) is 0.690. The molecule has 0 spiro atoms. The summed E-state index contributed by atoms with van der Waals surface area (Å²) in [5.74, 6) is 0.443. The van der Waals surface area contributed by atoms with Gasteiger partial charge >= 0.3 is 0 Å². The zero-order valence-electron chi connectivity index (χ0n) is 23.4. The van der Waals surface area contributed by atoms with Gasteiger partial charge in [-0.05, 0) is 48.9 Å². The van der Waals surface area contributed by atoms with Crippen LogP contribution in [-0.4, -0.2) is 114 Å². The van der Waals surface area contributed by atoms with Crippen molar-refractivity contribution < 1.29 is 15.3 Å². The lowest BCUT2D eigenvalue weighted by Gasteiger charge is -2.35. The largest absolute Gasteiger partial charge is 0.507 e. The molecule has 2 aromatic rings. The number of hydrogen-bond acceptors (Lipinski definition) is 10. The van der Waals surface area contributed by atoms with Gasteiger partial charge in [-0.25, -0.2) is 0 Å². The number of aliphatic hydroxyl groups is 2. The Labute approximate surface area is 246 Å². The van der Waals surface area contributed by atoms with Crippen LogP contribution in [0.4, 0.5) is 0 Å². The van der Waals surface area contributed by atoms with Gasteiger partial charge in [-0.15, -0.1) is 0 Å². The molecule has 1 aromatic heterocycles. The highest BCUT2D eigenvalue weighted by Crippen LogP contribution is 2.39. The first-order chi connectivity index (χ1) is 19.0. The molecule has 0 radical (unpaired) electrons. The van der Waals surface area contributed by atoms with Crippen molar-refractivity contribution in [1.82, 2.24) is 19.6 Å². The smallest absolute Gasteiger partial charge is 0.124 e. The SMILES string of the molecule is CCCCc1c(-c2cc(CN3CCN(CCCO)CC3)c(O)c(CN3CCN(CCCO)CC3)c2)ssc1=S. The van der Waals surface area contributed by atoms with Crippen LogP contribution in [0.25, 0.3) is 10.4 Å². The van der Waals surface area contributed by atoms with E-state index in [1.807, 2.05) is 0 Å². The molecule has 0 atom stereocenters. The predicted molar refractivity (Wildman–Crippen MR) is 166 cm³/mol. The monoisotopic (exact) mass is 594 g/mol. The van der Waals surface area contributed by atoms with E-state index < -0.39 is 0 Å². The lowest BCUT2D eigenvalue weighted by atomic mass is 9.98.